The fourth-order valence-electron chi connectivity index (χ4n) is 2.30. The van der Waals surface area contributed by atoms with Gasteiger partial charge in [0.25, 0.3) is 0 Å². The van der Waals surface area contributed by atoms with Gasteiger partial charge < -0.3 is 5.32 Å². The van der Waals surface area contributed by atoms with Crippen molar-refractivity contribution in [3.8, 4) is 0 Å². The Morgan fingerprint density at radius 2 is 1.90 bits per heavy atom. The second-order valence-electron chi connectivity index (χ2n) is 4.82. The van der Waals surface area contributed by atoms with E-state index in [0.717, 1.165) is 32.1 Å². The molecular formula is C16H22BrF2N. The quantitative estimate of drug-likeness (QED) is 0.459. The highest BCUT2D eigenvalue weighted by molar-refractivity contribution is 9.10. The molecule has 1 rings (SSSR count). The first-order chi connectivity index (χ1) is 9.60. The first kappa shape index (κ1) is 17.3. The fourth-order valence-corrected chi connectivity index (χ4v) is 2.70. The fraction of sp³-hybridized carbons (Fsp3) is 0.500. The van der Waals surface area contributed by atoms with Gasteiger partial charge in [0.2, 0.25) is 0 Å². The third kappa shape index (κ3) is 5.33. The van der Waals surface area contributed by atoms with Gasteiger partial charge in [-0.1, -0.05) is 41.8 Å². The molecule has 1 nitrogen and oxygen atoms in total. The zero-order valence-electron chi connectivity index (χ0n) is 11.9. The summed E-state index contributed by atoms with van der Waals surface area (Å²) in [5, 5.41) is 3.18. The first-order valence-electron chi connectivity index (χ1n) is 7.08. The van der Waals surface area contributed by atoms with Gasteiger partial charge in [-0.15, -0.1) is 6.58 Å². The third-order valence-electron chi connectivity index (χ3n) is 3.24. The summed E-state index contributed by atoms with van der Waals surface area (Å²) in [7, 11) is 0. The van der Waals surface area contributed by atoms with Crippen LogP contribution in [0.2, 0.25) is 0 Å². The average molecular weight is 346 g/mol. The SMILES string of the molecule is C=CCCCCCC(NCC)c1c(F)cc(Br)cc1F. The summed E-state index contributed by atoms with van der Waals surface area (Å²) >= 11 is 3.11. The van der Waals surface area contributed by atoms with Crippen LogP contribution in [0.4, 0.5) is 8.78 Å². The normalized spacial score (nSPS) is 12.4. The molecule has 1 atom stereocenters. The first-order valence-corrected chi connectivity index (χ1v) is 7.88. The van der Waals surface area contributed by atoms with E-state index in [2.05, 4.69) is 27.8 Å². The van der Waals surface area contributed by atoms with Crippen molar-refractivity contribution in [3.63, 3.8) is 0 Å². The highest BCUT2D eigenvalue weighted by atomic mass is 79.9. The summed E-state index contributed by atoms with van der Waals surface area (Å²) in [4.78, 5) is 0. The monoisotopic (exact) mass is 345 g/mol. The van der Waals surface area contributed by atoms with E-state index in [9.17, 15) is 8.78 Å². The molecule has 0 aliphatic carbocycles. The van der Waals surface area contributed by atoms with E-state index in [1.807, 2.05) is 13.0 Å². The minimum atomic E-state index is -0.492. The highest BCUT2D eigenvalue weighted by Crippen LogP contribution is 2.28. The van der Waals surface area contributed by atoms with Crippen LogP contribution in [0.3, 0.4) is 0 Å². The lowest BCUT2D eigenvalue weighted by atomic mass is 9.99. The van der Waals surface area contributed by atoms with Gasteiger partial charge in [-0.05, 0) is 37.9 Å². The van der Waals surface area contributed by atoms with Crippen molar-refractivity contribution in [2.24, 2.45) is 0 Å². The molecule has 1 N–H and O–H groups in total. The maximum atomic E-state index is 14.0. The molecule has 4 heteroatoms. The molecule has 1 unspecified atom stereocenters. The lowest BCUT2D eigenvalue weighted by Crippen LogP contribution is -2.23. The van der Waals surface area contributed by atoms with Gasteiger partial charge in [-0.2, -0.15) is 0 Å². The van der Waals surface area contributed by atoms with Gasteiger partial charge in [0, 0.05) is 16.1 Å². The highest BCUT2D eigenvalue weighted by Gasteiger charge is 2.19. The number of halogens is 3. The predicted octanol–water partition coefficient (Wildman–Crippen LogP) is 5.51. The van der Waals surface area contributed by atoms with Gasteiger partial charge in [-0.25, -0.2) is 8.78 Å². The van der Waals surface area contributed by atoms with Crippen LogP contribution in [-0.4, -0.2) is 6.54 Å². The maximum Gasteiger partial charge on any atom is 0.132 e. The number of hydrogen-bond acceptors (Lipinski definition) is 1. The number of allylic oxidation sites excluding steroid dienone is 1. The maximum absolute atomic E-state index is 14.0. The van der Waals surface area contributed by atoms with E-state index < -0.39 is 11.6 Å². The van der Waals surface area contributed by atoms with Crippen molar-refractivity contribution < 1.29 is 8.78 Å². The summed E-state index contributed by atoms with van der Waals surface area (Å²) in [6.45, 7) is 6.32. The Balaban J connectivity index is 2.72. The van der Waals surface area contributed by atoms with Crippen molar-refractivity contribution in [2.45, 2.75) is 45.1 Å². The molecule has 112 valence electrons. The predicted molar refractivity (Wildman–Crippen MR) is 83.8 cm³/mol. The van der Waals surface area contributed by atoms with Crippen LogP contribution in [0.5, 0.6) is 0 Å². The minimum Gasteiger partial charge on any atom is -0.310 e. The molecule has 20 heavy (non-hydrogen) atoms. The van der Waals surface area contributed by atoms with Crippen LogP contribution in [0.25, 0.3) is 0 Å². The standard InChI is InChI=1S/C16H22BrF2N/c1-3-5-6-7-8-9-15(20-4-2)16-13(18)10-12(17)11-14(16)19/h3,10-11,15,20H,1,4-9H2,2H3. The van der Waals surface area contributed by atoms with Crippen molar-refractivity contribution in [2.75, 3.05) is 6.54 Å². The van der Waals surface area contributed by atoms with Gasteiger partial charge >= 0.3 is 0 Å². The molecule has 0 heterocycles. The summed E-state index contributed by atoms with van der Waals surface area (Å²) in [6.07, 6.45) is 6.70. The summed E-state index contributed by atoms with van der Waals surface area (Å²) in [5.74, 6) is -0.983. The molecular weight excluding hydrogens is 324 g/mol. The number of rotatable bonds is 9. The van der Waals surface area contributed by atoms with Crippen molar-refractivity contribution in [3.05, 3.63) is 46.5 Å². The zero-order chi connectivity index (χ0) is 15.0. The summed E-state index contributed by atoms with van der Waals surface area (Å²) < 4.78 is 28.4. The number of nitrogens with one attached hydrogen (secondary N) is 1. The lowest BCUT2D eigenvalue weighted by Gasteiger charge is -2.20. The van der Waals surface area contributed by atoms with Gasteiger partial charge in [0.1, 0.15) is 11.6 Å². The second kappa shape index (κ2) is 9.24. The van der Waals surface area contributed by atoms with Crippen molar-refractivity contribution in [1.29, 1.82) is 0 Å². The average Bonchev–Trinajstić information content (AvgIpc) is 2.37. The molecule has 0 radical (unpaired) electrons. The van der Waals surface area contributed by atoms with Crippen LogP contribution in [-0.2, 0) is 0 Å². The summed E-state index contributed by atoms with van der Waals surface area (Å²) in [5.41, 5.74) is 0.152. The Hall–Kier alpha value is -0.740. The molecule has 0 saturated heterocycles. The van der Waals surface area contributed by atoms with E-state index >= 15 is 0 Å². The molecule has 1 aromatic rings. The van der Waals surface area contributed by atoms with Gasteiger partial charge in [0.15, 0.2) is 0 Å². The largest absolute Gasteiger partial charge is 0.310 e. The van der Waals surface area contributed by atoms with Crippen molar-refractivity contribution in [1.82, 2.24) is 5.32 Å². The molecule has 0 spiro atoms. The van der Waals surface area contributed by atoms with Crippen LogP contribution in [0.1, 0.15) is 50.6 Å². The van der Waals surface area contributed by atoms with Crippen LogP contribution in [0.15, 0.2) is 29.3 Å². The Labute approximate surface area is 128 Å². The molecule has 0 fully saturated rings. The Bertz CT molecular complexity index is 411. The molecule has 0 saturated carbocycles. The van der Waals surface area contributed by atoms with E-state index in [0.29, 0.717) is 11.0 Å². The Morgan fingerprint density at radius 1 is 1.25 bits per heavy atom. The topological polar surface area (TPSA) is 12.0 Å². The number of benzene rings is 1. The van der Waals surface area contributed by atoms with Crippen LogP contribution in [0, 0.1) is 11.6 Å². The van der Waals surface area contributed by atoms with Crippen LogP contribution >= 0.6 is 15.9 Å². The van der Waals surface area contributed by atoms with E-state index in [-0.39, 0.29) is 11.6 Å². The van der Waals surface area contributed by atoms with Gasteiger partial charge in [-0.3, -0.25) is 0 Å². The Morgan fingerprint density at radius 3 is 2.45 bits per heavy atom. The van der Waals surface area contributed by atoms with Gasteiger partial charge in [0.05, 0.1) is 0 Å². The minimum absolute atomic E-state index is 0.152. The number of hydrogen-bond donors (Lipinski definition) is 1. The molecule has 1 aromatic carbocycles. The van der Waals surface area contributed by atoms with Crippen molar-refractivity contribution >= 4 is 15.9 Å². The van der Waals surface area contributed by atoms with E-state index in [1.54, 1.807) is 0 Å². The third-order valence-corrected chi connectivity index (χ3v) is 3.70. The Kier molecular flexibility index (Phi) is 8.00. The lowest BCUT2D eigenvalue weighted by molar-refractivity contribution is 0.437. The van der Waals surface area contributed by atoms with E-state index in [4.69, 9.17) is 0 Å². The van der Waals surface area contributed by atoms with E-state index in [1.165, 1.54) is 12.1 Å². The smallest absolute Gasteiger partial charge is 0.132 e. The second-order valence-corrected chi connectivity index (χ2v) is 5.74. The molecule has 0 aliphatic rings. The van der Waals surface area contributed by atoms with Crippen LogP contribution < -0.4 is 5.32 Å². The zero-order valence-corrected chi connectivity index (χ0v) is 13.5. The summed E-state index contributed by atoms with van der Waals surface area (Å²) in [6, 6.07) is 2.37. The molecule has 0 aliphatic heterocycles. The molecule has 0 aromatic heterocycles. The number of unbranched alkanes of at least 4 members (excludes halogenated alkanes) is 3. The molecule has 0 amide bonds. The molecule has 0 bridgehead atoms.